The maximum absolute atomic E-state index is 5.45. The van der Waals surface area contributed by atoms with Crippen molar-refractivity contribution in [2.75, 3.05) is 0 Å². The van der Waals surface area contributed by atoms with Crippen LogP contribution in [0.1, 0.15) is 45.4 Å². The Labute approximate surface area is 85.3 Å². The molecule has 0 bridgehead atoms. The van der Waals surface area contributed by atoms with Crippen molar-refractivity contribution in [2.45, 2.75) is 57.0 Å². The lowest BCUT2D eigenvalue weighted by Gasteiger charge is -2.42. The first-order chi connectivity index (χ1) is 6.78. The van der Waals surface area contributed by atoms with Gasteiger partial charge in [-0.3, -0.25) is 5.43 Å². The number of rotatable bonds is 3. The molecule has 0 spiro atoms. The number of guanidine groups is 1. The first kappa shape index (κ1) is 9.77. The first-order valence-electron chi connectivity index (χ1n) is 5.60. The van der Waals surface area contributed by atoms with Gasteiger partial charge in [0.1, 0.15) is 0 Å². The van der Waals surface area contributed by atoms with Crippen LogP contribution in [0, 0.1) is 0 Å². The lowest BCUT2D eigenvalue weighted by molar-refractivity contribution is 0.207. The van der Waals surface area contributed by atoms with E-state index in [9.17, 15) is 0 Å². The number of aliphatic imine (C=N–C) groups is 1. The molecule has 0 aliphatic heterocycles. The van der Waals surface area contributed by atoms with Gasteiger partial charge in [0.25, 0.3) is 0 Å². The summed E-state index contributed by atoms with van der Waals surface area (Å²) in [4.78, 5) is 4.49. The second-order valence-electron chi connectivity index (χ2n) is 4.47. The number of nitrogens with one attached hydrogen (secondary N) is 2. The highest BCUT2D eigenvalue weighted by Crippen LogP contribution is 2.34. The van der Waals surface area contributed by atoms with Gasteiger partial charge in [-0.1, -0.05) is 6.92 Å². The van der Waals surface area contributed by atoms with E-state index in [1.807, 2.05) is 0 Å². The van der Waals surface area contributed by atoms with Gasteiger partial charge in [-0.15, -0.1) is 0 Å². The molecule has 0 saturated heterocycles. The molecule has 0 radical (unpaired) electrons. The molecule has 0 amide bonds. The molecule has 2 fully saturated rings. The van der Waals surface area contributed by atoms with Crippen LogP contribution in [0.25, 0.3) is 0 Å². The Morgan fingerprint density at radius 3 is 2.57 bits per heavy atom. The third-order valence-electron chi connectivity index (χ3n) is 3.37. The molecule has 4 nitrogen and oxygen atoms in total. The average molecular weight is 196 g/mol. The molecule has 14 heavy (non-hydrogen) atoms. The Hall–Kier alpha value is -0.770. The summed E-state index contributed by atoms with van der Waals surface area (Å²) in [6, 6.07) is 0.516. The van der Waals surface area contributed by atoms with E-state index >= 15 is 0 Å². The van der Waals surface area contributed by atoms with Crippen molar-refractivity contribution in [3.05, 3.63) is 0 Å². The minimum absolute atomic E-state index is 0.278. The molecule has 2 rings (SSSR count). The topological polar surface area (TPSA) is 62.4 Å². The van der Waals surface area contributed by atoms with Crippen molar-refractivity contribution in [3.8, 4) is 0 Å². The van der Waals surface area contributed by atoms with Gasteiger partial charge < -0.3 is 5.32 Å². The zero-order valence-corrected chi connectivity index (χ0v) is 8.84. The van der Waals surface area contributed by atoms with E-state index in [0.717, 1.165) is 12.4 Å². The van der Waals surface area contributed by atoms with Crippen molar-refractivity contribution in [3.63, 3.8) is 0 Å². The maximum atomic E-state index is 5.45. The quantitative estimate of drug-likeness (QED) is 0.272. The molecule has 0 atom stereocenters. The Bertz CT molecular complexity index is 223. The Morgan fingerprint density at radius 1 is 1.50 bits per heavy atom. The molecule has 0 aromatic rings. The van der Waals surface area contributed by atoms with Crippen molar-refractivity contribution >= 4 is 5.96 Å². The highest BCUT2D eigenvalue weighted by molar-refractivity contribution is 5.80. The third kappa shape index (κ3) is 2.00. The number of nitrogens with zero attached hydrogens (tertiary/aromatic N) is 1. The number of hydrogen-bond acceptors (Lipinski definition) is 2. The van der Waals surface area contributed by atoms with Gasteiger partial charge in [0.2, 0.25) is 5.96 Å². The summed E-state index contributed by atoms with van der Waals surface area (Å²) in [5.41, 5.74) is 2.95. The van der Waals surface area contributed by atoms with Gasteiger partial charge in [-0.2, -0.15) is 0 Å². The highest BCUT2D eigenvalue weighted by atomic mass is 15.4. The standard InChI is InChI=1S/C10H20N4/c1-2-10(6-3-7-10)13-9(14-11)12-8-4-5-8/h8H,2-7,11H2,1H3,(H2,12,13,14). The Balaban J connectivity index is 1.92. The van der Waals surface area contributed by atoms with Crippen LogP contribution in [0.15, 0.2) is 4.99 Å². The van der Waals surface area contributed by atoms with Crippen LogP contribution < -0.4 is 16.6 Å². The minimum atomic E-state index is 0.278. The highest BCUT2D eigenvalue weighted by Gasteiger charge is 2.36. The Morgan fingerprint density at radius 2 is 2.21 bits per heavy atom. The lowest BCUT2D eigenvalue weighted by atomic mass is 9.75. The zero-order chi connectivity index (χ0) is 10.0. The largest absolute Gasteiger partial charge is 0.350 e. The summed E-state index contributed by atoms with van der Waals surface area (Å²) in [6.07, 6.45) is 7.39. The van der Waals surface area contributed by atoms with Crippen LogP contribution >= 0.6 is 0 Å². The molecule has 0 aromatic heterocycles. The van der Waals surface area contributed by atoms with Crippen LogP contribution in [0.4, 0.5) is 0 Å². The van der Waals surface area contributed by atoms with Gasteiger partial charge in [0, 0.05) is 5.54 Å². The van der Waals surface area contributed by atoms with Gasteiger partial charge in [0.15, 0.2) is 0 Å². The fourth-order valence-corrected chi connectivity index (χ4v) is 1.91. The SMILES string of the molecule is CCC1(NC(=NC2CC2)NN)CCC1. The smallest absolute Gasteiger partial charge is 0.206 e. The van der Waals surface area contributed by atoms with Crippen LogP contribution in [-0.2, 0) is 0 Å². The van der Waals surface area contributed by atoms with E-state index in [4.69, 9.17) is 5.84 Å². The molecular weight excluding hydrogens is 176 g/mol. The number of nitrogens with two attached hydrogens (primary N) is 1. The van der Waals surface area contributed by atoms with Crippen LogP contribution in [0.5, 0.6) is 0 Å². The molecule has 4 N–H and O–H groups in total. The van der Waals surface area contributed by atoms with E-state index in [1.54, 1.807) is 0 Å². The predicted octanol–water partition coefficient (Wildman–Crippen LogP) is 0.890. The van der Waals surface area contributed by atoms with E-state index in [1.165, 1.54) is 32.1 Å². The summed E-state index contributed by atoms with van der Waals surface area (Å²) >= 11 is 0. The van der Waals surface area contributed by atoms with E-state index in [-0.39, 0.29) is 5.54 Å². The molecule has 4 heteroatoms. The molecule has 0 heterocycles. The van der Waals surface area contributed by atoms with Gasteiger partial charge >= 0.3 is 0 Å². The van der Waals surface area contributed by atoms with Crippen molar-refractivity contribution in [1.29, 1.82) is 0 Å². The summed E-state index contributed by atoms with van der Waals surface area (Å²) < 4.78 is 0. The molecular formula is C10H20N4. The normalized spacial score (nSPS) is 25.4. The molecule has 80 valence electrons. The zero-order valence-electron chi connectivity index (χ0n) is 8.84. The number of hydrogen-bond donors (Lipinski definition) is 3. The summed E-state index contributed by atoms with van der Waals surface area (Å²) in [5.74, 6) is 6.23. The van der Waals surface area contributed by atoms with E-state index < -0.39 is 0 Å². The van der Waals surface area contributed by atoms with Crippen molar-refractivity contribution in [2.24, 2.45) is 10.8 Å². The second kappa shape index (κ2) is 3.77. The molecule has 2 aliphatic carbocycles. The van der Waals surface area contributed by atoms with Crippen LogP contribution in [0.3, 0.4) is 0 Å². The fraction of sp³-hybridized carbons (Fsp3) is 0.900. The third-order valence-corrected chi connectivity index (χ3v) is 3.37. The van der Waals surface area contributed by atoms with E-state index in [0.29, 0.717) is 6.04 Å². The second-order valence-corrected chi connectivity index (χ2v) is 4.47. The summed E-state index contributed by atoms with van der Waals surface area (Å²) in [5, 5.41) is 3.45. The van der Waals surface area contributed by atoms with Gasteiger partial charge in [-0.05, 0) is 38.5 Å². The van der Waals surface area contributed by atoms with Crippen molar-refractivity contribution in [1.82, 2.24) is 10.7 Å². The van der Waals surface area contributed by atoms with Gasteiger partial charge in [0.05, 0.1) is 6.04 Å². The molecule has 0 aromatic carbocycles. The first-order valence-corrected chi connectivity index (χ1v) is 5.60. The number of hydrazine groups is 1. The predicted molar refractivity (Wildman–Crippen MR) is 57.8 cm³/mol. The lowest BCUT2D eigenvalue weighted by Crippen LogP contribution is -2.57. The van der Waals surface area contributed by atoms with Gasteiger partial charge in [-0.25, -0.2) is 10.8 Å². The van der Waals surface area contributed by atoms with E-state index in [2.05, 4.69) is 22.7 Å². The monoisotopic (exact) mass is 196 g/mol. The summed E-state index contributed by atoms with van der Waals surface area (Å²) in [6.45, 7) is 2.22. The fourth-order valence-electron chi connectivity index (χ4n) is 1.91. The maximum Gasteiger partial charge on any atom is 0.206 e. The van der Waals surface area contributed by atoms with Crippen LogP contribution in [0.2, 0.25) is 0 Å². The average Bonchev–Trinajstić information content (AvgIpc) is 2.93. The molecule has 2 saturated carbocycles. The van der Waals surface area contributed by atoms with Crippen molar-refractivity contribution < 1.29 is 0 Å². The Kier molecular flexibility index (Phi) is 2.63. The minimum Gasteiger partial charge on any atom is -0.350 e. The summed E-state index contributed by atoms with van der Waals surface area (Å²) in [7, 11) is 0. The van der Waals surface area contributed by atoms with Crippen LogP contribution in [-0.4, -0.2) is 17.5 Å². The molecule has 0 unspecified atom stereocenters. The molecule has 2 aliphatic rings.